The van der Waals surface area contributed by atoms with E-state index < -0.39 is 10.0 Å². The number of para-hydroxylation sites is 1. The topological polar surface area (TPSA) is 70.2 Å². The molecule has 3 heterocycles. The molecule has 2 fully saturated rings. The molecule has 182 valence electrons. The van der Waals surface area contributed by atoms with Crippen LogP contribution in [0.4, 0.5) is 5.69 Å². The number of nitrogens with zero attached hydrogens (tertiary/aromatic N) is 3. The summed E-state index contributed by atoms with van der Waals surface area (Å²) in [5.41, 5.74) is 2.22. The number of carbonyl (C=O) groups is 1. The van der Waals surface area contributed by atoms with Crippen molar-refractivity contribution in [1.29, 1.82) is 0 Å². The predicted octanol–water partition coefficient (Wildman–Crippen LogP) is 3.01. The van der Waals surface area contributed by atoms with E-state index >= 15 is 0 Å². The molecule has 1 amide bonds. The summed E-state index contributed by atoms with van der Waals surface area (Å²) in [6.07, 6.45) is 3.86. The Morgan fingerprint density at radius 1 is 0.941 bits per heavy atom. The van der Waals surface area contributed by atoms with Gasteiger partial charge in [-0.15, -0.1) is 0 Å². The lowest BCUT2D eigenvalue weighted by molar-refractivity contribution is 0.0332. The predicted molar refractivity (Wildman–Crippen MR) is 132 cm³/mol. The lowest BCUT2D eigenvalue weighted by Gasteiger charge is -2.34. The Hall–Kier alpha value is -2.42. The van der Waals surface area contributed by atoms with Crippen molar-refractivity contribution < 1.29 is 17.9 Å². The summed E-state index contributed by atoms with van der Waals surface area (Å²) in [5, 5.41) is 0. The highest BCUT2D eigenvalue weighted by Crippen LogP contribution is 2.33. The highest BCUT2D eigenvalue weighted by atomic mass is 32.2. The summed E-state index contributed by atoms with van der Waals surface area (Å²) in [6, 6.07) is 14.1. The van der Waals surface area contributed by atoms with Crippen molar-refractivity contribution in [1.82, 2.24) is 9.80 Å². The molecule has 0 N–H and O–H groups in total. The zero-order chi connectivity index (χ0) is 23.5. The Bertz CT molecular complexity index is 1120. The summed E-state index contributed by atoms with van der Waals surface area (Å²) in [6.45, 7) is 6.66. The van der Waals surface area contributed by atoms with Crippen LogP contribution in [0.3, 0.4) is 0 Å². The van der Waals surface area contributed by atoms with Crippen LogP contribution in [0.2, 0.25) is 0 Å². The number of likely N-dealkylation sites (tertiary alicyclic amines) is 1. The molecule has 0 radical (unpaired) electrons. The van der Waals surface area contributed by atoms with Gasteiger partial charge in [0, 0.05) is 38.3 Å². The Morgan fingerprint density at radius 3 is 2.50 bits per heavy atom. The number of fused-ring (bicyclic) bond motifs is 1. The SMILES string of the molecule is O=C(c1cccc(S(=O)(=O)N2CCc3ccccc32)c1)N1CCC(CCN2CCOCC2)CC1. The molecule has 0 atom stereocenters. The van der Waals surface area contributed by atoms with Gasteiger partial charge in [-0.2, -0.15) is 0 Å². The number of carbonyl (C=O) groups excluding carboxylic acids is 1. The van der Waals surface area contributed by atoms with Gasteiger partial charge >= 0.3 is 0 Å². The quantitative estimate of drug-likeness (QED) is 0.632. The first kappa shape index (κ1) is 23.3. The molecule has 5 rings (SSSR count). The number of sulfonamides is 1. The van der Waals surface area contributed by atoms with E-state index in [1.165, 1.54) is 4.31 Å². The highest BCUT2D eigenvalue weighted by molar-refractivity contribution is 7.92. The van der Waals surface area contributed by atoms with Gasteiger partial charge in [0.2, 0.25) is 0 Å². The maximum absolute atomic E-state index is 13.4. The molecule has 2 saturated heterocycles. The van der Waals surface area contributed by atoms with Crippen molar-refractivity contribution in [2.24, 2.45) is 5.92 Å². The molecule has 2 aromatic rings. The van der Waals surface area contributed by atoms with Gasteiger partial charge in [0.05, 0.1) is 23.8 Å². The van der Waals surface area contributed by atoms with Gasteiger partial charge in [0.1, 0.15) is 0 Å². The number of hydrogen-bond acceptors (Lipinski definition) is 5. The van der Waals surface area contributed by atoms with E-state index in [1.54, 1.807) is 24.3 Å². The van der Waals surface area contributed by atoms with Crippen LogP contribution in [-0.2, 0) is 21.2 Å². The van der Waals surface area contributed by atoms with Crippen LogP contribution < -0.4 is 4.31 Å². The van der Waals surface area contributed by atoms with Crippen LogP contribution in [0, 0.1) is 5.92 Å². The van der Waals surface area contributed by atoms with Gasteiger partial charge in [-0.1, -0.05) is 24.3 Å². The number of amides is 1. The molecular formula is C26H33N3O4S. The summed E-state index contributed by atoms with van der Waals surface area (Å²) in [4.78, 5) is 17.7. The van der Waals surface area contributed by atoms with Crippen LogP contribution in [0.1, 0.15) is 35.2 Å². The van der Waals surface area contributed by atoms with E-state index in [9.17, 15) is 13.2 Å². The smallest absolute Gasteiger partial charge is 0.264 e. The first-order valence-electron chi connectivity index (χ1n) is 12.3. The van der Waals surface area contributed by atoms with E-state index in [2.05, 4.69) is 4.90 Å². The van der Waals surface area contributed by atoms with Crippen molar-refractivity contribution in [2.75, 3.05) is 56.8 Å². The molecular weight excluding hydrogens is 450 g/mol. The fourth-order valence-corrected chi connectivity index (χ4v) is 6.82. The second-order valence-corrected chi connectivity index (χ2v) is 11.3. The molecule has 0 saturated carbocycles. The number of rotatable bonds is 6. The van der Waals surface area contributed by atoms with Crippen LogP contribution in [0.5, 0.6) is 0 Å². The third-order valence-corrected chi connectivity index (χ3v) is 9.18. The first-order chi connectivity index (χ1) is 16.5. The minimum Gasteiger partial charge on any atom is -0.379 e. The van der Waals surface area contributed by atoms with E-state index in [0.717, 1.165) is 76.5 Å². The molecule has 2 aromatic carbocycles. The summed E-state index contributed by atoms with van der Waals surface area (Å²) in [5.74, 6) is 0.555. The van der Waals surface area contributed by atoms with Crippen molar-refractivity contribution in [3.63, 3.8) is 0 Å². The number of morpholine rings is 1. The van der Waals surface area contributed by atoms with Crippen LogP contribution >= 0.6 is 0 Å². The van der Waals surface area contributed by atoms with Gasteiger partial charge in [-0.25, -0.2) is 8.42 Å². The molecule has 0 aliphatic carbocycles. The minimum absolute atomic E-state index is 0.0782. The summed E-state index contributed by atoms with van der Waals surface area (Å²) < 4.78 is 33.7. The average Bonchev–Trinajstić information content (AvgIpc) is 3.33. The Labute approximate surface area is 202 Å². The third-order valence-electron chi connectivity index (χ3n) is 7.37. The van der Waals surface area contributed by atoms with Crippen LogP contribution in [0.25, 0.3) is 0 Å². The van der Waals surface area contributed by atoms with Gasteiger partial charge < -0.3 is 9.64 Å². The highest BCUT2D eigenvalue weighted by Gasteiger charge is 2.31. The van der Waals surface area contributed by atoms with E-state index in [4.69, 9.17) is 4.74 Å². The standard InChI is InChI=1S/C26H33N3O4S/c30-26(28-13-9-21(10-14-28)8-12-27-16-18-33-19-17-27)23-5-3-6-24(20-23)34(31,32)29-15-11-22-4-1-2-7-25(22)29/h1-7,20-21H,8-19H2. The maximum atomic E-state index is 13.4. The number of anilines is 1. The van der Waals surface area contributed by atoms with Gasteiger partial charge in [0.15, 0.2) is 0 Å². The third kappa shape index (κ3) is 4.85. The average molecular weight is 484 g/mol. The molecule has 7 nitrogen and oxygen atoms in total. The van der Waals surface area contributed by atoms with E-state index in [-0.39, 0.29) is 10.8 Å². The Kier molecular flexibility index (Phi) is 6.90. The maximum Gasteiger partial charge on any atom is 0.264 e. The second kappa shape index (κ2) is 10.1. The Balaban J connectivity index is 1.21. The normalized spacial score (nSPS) is 19.9. The Morgan fingerprint density at radius 2 is 1.71 bits per heavy atom. The molecule has 8 heteroatoms. The fourth-order valence-electron chi connectivity index (χ4n) is 5.27. The number of piperidine rings is 1. The first-order valence-corrected chi connectivity index (χ1v) is 13.8. The van der Waals surface area contributed by atoms with E-state index in [1.807, 2.05) is 29.2 Å². The molecule has 0 spiro atoms. The molecule has 0 aromatic heterocycles. The van der Waals surface area contributed by atoms with Gasteiger partial charge in [-0.05, 0) is 68.0 Å². The molecule has 34 heavy (non-hydrogen) atoms. The molecule has 3 aliphatic rings. The van der Waals surface area contributed by atoms with Crippen molar-refractivity contribution in [2.45, 2.75) is 30.6 Å². The fraction of sp³-hybridized carbons (Fsp3) is 0.500. The molecule has 0 bridgehead atoms. The lowest BCUT2D eigenvalue weighted by atomic mass is 9.93. The lowest BCUT2D eigenvalue weighted by Crippen LogP contribution is -2.41. The van der Waals surface area contributed by atoms with Gasteiger partial charge in [-0.3, -0.25) is 14.0 Å². The van der Waals surface area contributed by atoms with E-state index in [0.29, 0.717) is 24.4 Å². The second-order valence-electron chi connectivity index (χ2n) is 9.46. The molecule has 3 aliphatic heterocycles. The number of hydrogen-bond donors (Lipinski definition) is 0. The largest absolute Gasteiger partial charge is 0.379 e. The van der Waals surface area contributed by atoms with Crippen LogP contribution in [-0.4, -0.2) is 76.6 Å². The van der Waals surface area contributed by atoms with Gasteiger partial charge in [0.25, 0.3) is 15.9 Å². The monoisotopic (exact) mass is 483 g/mol. The van der Waals surface area contributed by atoms with Crippen molar-refractivity contribution in [3.8, 4) is 0 Å². The minimum atomic E-state index is -3.72. The van der Waals surface area contributed by atoms with Crippen LogP contribution in [0.15, 0.2) is 53.4 Å². The van der Waals surface area contributed by atoms with Crippen molar-refractivity contribution in [3.05, 3.63) is 59.7 Å². The molecule has 0 unspecified atom stereocenters. The zero-order valence-electron chi connectivity index (χ0n) is 19.6. The number of ether oxygens (including phenoxy) is 1. The summed E-state index contributed by atoms with van der Waals surface area (Å²) in [7, 11) is -3.72. The zero-order valence-corrected chi connectivity index (χ0v) is 20.4. The number of benzene rings is 2. The summed E-state index contributed by atoms with van der Waals surface area (Å²) >= 11 is 0. The van der Waals surface area contributed by atoms with Crippen molar-refractivity contribution >= 4 is 21.6 Å².